The Morgan fingerprint density at radius 3 is 2.61 bits per heavy atom. The van der Waals surface area contributed by atoms with Crippen LogP contribution in [0.4, 0.5) is 13.2 Å². The molecule has 1 N–H and O–H groups in total. The van der Waals surface area contributed by atoms with Crippen molar-refractivity contribution in [2.75, 3.05) is 7.11 Å². The predicted octanol–water partition coefficient (Wildman–Crippen LogP) is 3.18. The topological polar surface area (TPSA) is 46.5 Å². The third-order valence-corrected chi connectivity index (χ3v) is 2.44. The molecule has 0 amide bonds. The van der Waals surface area contributed by atoms with E-state index in [-0.39, 0.29) is 30.6 Å². The number of aliphatic carboxylic acids is 1. The lowest BCUT2D eigenvalue weighted by molar-refractivity contribution is -0.137. The van der Waals surface area contributed by atoms with Gasteiger partial charge in [-0.2, -0.15) is 0 Å². The number of benzene rings is 1. The third-order valence-electron chi connectivity index (χ3n) is 2.44. The molecule has 0 saturated carbocycles. The van der Waals surface area contributed by atoms with Gasteiger partial charge in [-0.15, -0.1) is 0 Å². The third kappa shape index (κ3) is 3.65. The molecule has 0 heterocycles. The monoisotopic (exact) mass is 262 g/mol. The average molecular weight is 262 g/mol. The molecule has 3 nitrogen and oxygen atoms in total. The van der Waals surface area contributed by atoms with E-state index < -0.39 is 23.8 Å². The fourth-order valence-electron chi connectivity index (χ4n) is 1.70. The highest BCUT2D eigenvalue weighted by Gasteiger charge is 2.19. The Hall–Kier alpha value is -1.72. The van der Waals surface area contributed by atoms with Crippen molar-refractivity contribution in [3.05, 3.63) is 29.1 Å². The van der Waals surface area contributed by atoms with E-state index >= 15 is 0 Å². The molecule has 0 bridgehead atoms. The molecular weight excluding hydrogens is 249 g/mol. The van der Waals surface area contributed by atoms with Crippen LogP contribution in [0.5, 0.6) is 5.75 Å². The van der Waals surface area contributed by atoms with Gasteiger partial charge in [-0.25, -0.2) is 13.2 Å². The molecule has 0 spiro atoms. The highest BCUT2D eigenvalue weighted by molar-refractivity contribution is 5.66. The van der Waals surface area contributed by atoms with Gasteiger partial charge in [0.1, 0.15) is 11.6 Å². The van der Waals surface area contributed by atoms with Gasteiger partial charge in [0.15, 0.2) is 0 Å². The number of carbonyl (C=O) groups is 1. The number of methoxy groups -OCH3 is 1. The van der Waals surface area contributed by atoms with Crippen molar-refractivity contribution >= 4 is 5.97 Å². The Morgan fingerprint density at radius 2 is 2.11 bits per heavy atom. The summed E-state index contributed by atoms with van der Waals surface area (Å²) in [6, 6.07) is 1.82. The molecule has 100 valence electrons. The summed E-state index contributed by atoms with van der Waals surface area (Å²) in [4.78, 5) is 10.4. The fraction of sp³-hybridized carbons (Fsp3) is 0.417. The van der Waals surface area contributed by atoms with E-state index in [4.69, 9.17) is 9.84 Å². The number of ether oxygens (including phenoxy) is 1. The standard InChI is InChI=1S/C12H13F3O3/c1-18-11-7(3-2-4-10(16)17)5-8(13)6-9(11)12(14)15/h5-6,12H,2-4H2,1H3,(H,16,17). The lowest BCUT2D eigenvalue weighted by Crippen LogP contribution is -2.02. The van der Waals surface area contributed by atoms with E-state index in [9.17, 15) is 18.0 Å². The molecule has 6 heteroatoms. The summed E-state index contributed by atoms with van der Waals surface area (Å²) in [7, 11) is 1.22. The van der Waals surface area contributed by atoms with Gasteiger partial charge in [0, 0.05) is 6.42 Å². The number of rotatable bonds is 6. The quantitative estimate of drug-likeness (QED) is 0.856. The Bertz CT molecular complexity index is 433. The van der Waals surface area contributed by atoms with Crippen LogP contribution >= 0.6 is 0 Å². The highest BCUT2D eigenvalue weighted by atomic mass is 19.3. The Morgan fingerprint density at radius 1 is 1.44 bits per heavy atom. The summed E-state index contributed by atoms with van der Waals surface area (Å²) >= 11 is 0. The van der Waals surface area contributed by atoms with Gasteiger partial charge in [0.25, 0.3) is 6.43 Å². The van der Waals surface area contributed by atoms with Gasteiger partial charge >= 0.3 is 5.97 Å². The number of aryl methyl sites for hydroxylation is 1. The normalized spacial score (nSPS) is 10.7. The number of hydrogen-bond acceptors (Lipinski definition) is 2. The molecule has 0 radical (unpaired) electrons. The first kappa shape index (κ1) is 14.3. The van der Waals surface area contributed by atoms with Gasteiger partial charge in [-0.1, -0.05) is 0 Å². The average Bonchev–Trinajstić information content (AvgIpc) is 2.27. The molecule has 1 rings (SSSR count). The van der Waals surface area contributed by atoms with Crippen molar-refractivity contribution in [2.45, 2.75) is 25.7 Å². The molecule has 0 fully saturated rings. The van der Waals surface area contributed by atoms with E-state index in [1.165, 1.54) is 7.11 Å². The zero-order chi connectivity index (χ0) is 13.7. The molecule has 0 atom stereocenters. The van der Waals surface area contributed by atoms with E-state index in [2.05, 4.69) is 0 Å². The summed E-state index contributed by atoms with van der Waals surface area (Å²) in [5, 5.41) is 8.49. The van der Waals surface area contributed by atoms with Crippen LogP contribution in [-0.4, -0.2) is 18.2 Å². The van der Waals surface area contributed by atoms with Crippen LogP contribution in [-0.2, 0) is 11.2 Å². The first-order valence-corrected chi connectivity index (χ1v) is 5.32. The minimum Gasteiger partial charge on any atom is -0.496 e. The molecule has 0 aliphatic carbocycles. The molecule has 0 aromatic heterocycles. The second kappa shape index (κ2) is 6.28. The Labute approximate surface area is 102 Å². The summed E-state index contributed by atoms with van der Waals surface area (Å²) < 4.78 is 43.4. The summed E-state index contributed by atoms with van der Waals surface area (Å²) in [5.74, 6) is -1.84. The van der Waals surface area contributed by atoms with Crippen LogP contribution in [0, 0.1) is 5.82 Å². The van der Waals surface area contributed by atoms with Gasteiger partial charge in [-0.3, -0.25) is 4.79 Å². The predicted molar refractivity (Wildman–Crippen MR) is 58.5 cm³/mol. The molecule has 1 aromatic rings. The second-order valence-corrected chi connectivity index (χ2v) is 3.74. The minimum atomic E-state index is -2.84. The number of carboxylic acid groups (broad SMARTS) is 1. The maximum Gasteiger partial charge on any atom is 0.303 e. The Kier molecular flexibility index (Phi) is 5.00. The fourth-order valence-corrected chi connectivity index (χ4v) is 1.70. The van der Waals surface area contributed by atoms with Gasteiger partial charge in [-0.05, 0) is 30.5 Å². The largest absolute Gasteiger partial charge is 0.496 e. The van der Waals surface area contributed by atoms with Crippen LogP contribution in [0.3, 0.4) is 0 Å². The number of carboxylic acids is 1. The molecule has 1 aromatic carbocycles. The first-order chi connectivity index (χ1) is 8.45. The number of halogens is 3. The van der Waals surface area contributed by atoms with Crippen LogP contribution in [0.1, 0.15) is 30.4 Å². The van der Waals surface area contributed by atoms with Crippen molar-refractivity contribution in [1.29, 1.82) is 0 Å². The van der Waals surface area contributed by atoms with Crippen LogP contribution < -0.4 is 4.74 Å². The minimum absolute atomic E-state index is 0.0724. The van der Waals surface area contributed by atoms with E-state index in [0.29, 0.717) is 0 Å². The molecular formula is C12H13F3O3. The van der Waals surface area contributed by atoms with Crippen LogP contribution in [0.15, 0.2) is 12.1 Å². The Balaban J connectivity index is 2.98. The number of hydrogen-bond donors (Lipinski definition) is 1. The highest BCUT2D eigenvalue weighted by Crippen LogP contribution is 2.33. The van der Waals surface area contributed by atoms with Crippen molar-refractivity contribution in [3.8, 4) is 5.75 Å². The lowest BCUT2D eigenvalue weighted by Gasteiger charge is -2.13. The van der Waals surface area contributed by atoms with Crippen LogP contribution in [0.2, 0.25) is 0 Å². The zero-order valence-corrected chi connectivity index (χ0v) is 9.75. The molecule has 0 unspecified atom stereocenters. The van der Waals surface area contributed by atoms with Crippen molar-refractivity contribution in [1.82, 2.24) is 0 Å². The van der Waals surface area contributed by atoms with E-state index in [1.54, 1.807) is 0 Å². The first-order valence-electron chi connectivity index (χ1n) is 5.32. The van der Waals surface area contributed by atoms with Gasteiger partial charge < -0.3 is 9.84 Å². The molecule has 18 heavy (non-hydrogen) atoms. The maximum atomic E-state index is 13.2. The number of alkyl halides is 2. The van der Waals surface area contributed by atoms with Crippen molar-refractivity contribution in [3.63, 3.8) is 0 Å². The second-order valence-electron chi connectivity index (χ2n) is 3.74. The molecule has 0 aliphatic rings. The lowest BCUT2D eigenvalue weighted by atomic mass is 10.0. The SMILES string of the molecule is COc1c(CCCC(=O)O)cc(F)cc1C(F)F. The summed E-state index contributed by atoms with van der Waals surface area (Å²) in [5.41, 5.74) is -0.253. The molecule has 0 saturated heterocycles. The van der Waals surface area contributed by atoms with E-state index in [0.717, 1.165) is 12.1 Å². The van der Waals surface area contributed by atoms with Crippen LogP contribution in [0.25, 0.3) is 0 Å². The summed E-state index contributed by atoms with van der Waals surface area (Å²) in [6.45, 7) is 0. The maximum absolute atomic E-state index is 13.2. The van der Waals surface area contributed by atoms with Crippen molar-refractivity contribution in [2.24, 2.45) is 0 Å². The van der Waals surface area contributed by atoms with Gasteiger partial charge in [0.2, 0.25) is 0 Å². The van der Waals surface area contributed by atoms with E-state index in [1.807, 2.05) is 0 Å². The summed E-state index contributed by atoms with van der Waals surface area (Å²) in [6.07, 6.45) is -2.54. The van der Waals surface area contributed by atoms with Crippen molar-refractivity contribution < 1.29 is 27.8 Å². The zero-order valence-electron chi connectivity index (χ0n) is 9.75. The van der Waals surface area contributed by atoms with Gasteiger partial charge in [0.05, 0.1) is 12.7 Å². The smallest absolute Gasteiger partial charge is 0.303 e. The molecule has 0 aliphatic heterocycles.